The lowest BCUT2D eigenvalue weighted by molar-refractivity contribution is -0.131. The molecule has 1 aliphatic heterocycles. The fraction of sp³-hybridized carbons (Fsp3) is 0.812. The van der Waals surface area contributed by atoms with Crippen molar-refractivity contribution in [3.63, 3.8) is 0 Å². The van der Waals surface area contributed by atoms with Crippen molar-refractivity contribution in [1.29, 1.82) is 0 Å². The molecule has 0 radical (unpaired) electrons. The van der Waals surface area contributed by atoms with E-state index in [1.54, 1.807) is 0 Å². The van der Waals surface area contributed by atoms with Crippen LogP contribution in [0.4, 0.5) is 0 Å². The molecule has 20 heavy (non-hydrogen) atoms. The summed E-state index contributed by atoms with van der Waals surface area (Å²) in [5.41, 5.74) is 0.354. The first-order valence-electron chi connectivity index (χ1n) is 7.96. The molecule has 2 fully saturated rings. The van der Waals surface area contributed by atoms with Crippen molar-refractivity contribution in [2.45, 2.75) is 82.6 Å². The van der Waals surface area contributed by atoms with Gasteiger partial charge in [0.1, 0.15) is 0 Å². The van der Waals surface area contributed by atoms with Gasteiger partial charge in [0, 0.05) is 25.5 Å². The van der Waals surface area contributed by atoms with Crippen LogP contribution in [0.2, 0.25) is 0 Å². The largest absolute Gasteiger partial charge is 0.389 e. The minimum absolute atomic E-state index is 0.126. The fourth-order valence-corrected chi connectivity index (χ4v) is 3.97. The van der Waals surface area contributed by atoms with E-state index in [4.69, 9.17) is 9.84 Å². The number of nitrogens with zero attached hydrogens (tertiary/aromatic N) is 2. The van der Waals surface area contributed by atoms with E-state index in [1.165, 1.54) is 25.7 Å². The van der Waals surface area contributed by atoms with Crippen LogP contribution in [0.1, 0.15) is 64.1 Å². The summed E-state index contributed by atoms with van der Waals surface area (Å²) in [5, 5.41) is 15.5. The highest BCUT2D eigenvalue weighted by molar-refractivity contribution is 5.06. The van der Waals surface area contributed by atoms with Crippen LogP contribution in [-0.2, 0) is 11.2 Å². The first-order valence-corrected chi connectivity index (χ1v) is 7.96. The van der Waals surface area contributed by atoms with Gasteiger partial charge in [0.25, 0.3) is 0 Å². The standard InChI is InChI=1S/C16H26N2O2/c1-12-9-16(19,10-13(2)20-12)11-14-7-8-18(17-14)15-5-3-4-6-15/h7-8,12-13,15,19H,3-6,9-11H2,1-2H3. The quantitative estimate of drug-likeness (QED) is 0.925. The SMILES string of the molecule is CC1CC(O)(Cc2ccn(C3CCCC3)n2)CC(C)O1. The smallest absolute Gasteiger partial charge is 0.0752 e. The minimum Gasteiger partial charge on any atom is -0.389 e. The van der Waals surface area contributed by atoms with Crippen molar-refractivity contribution in [3.05, 3.63) is 18.0 Å². The molecular formula is C16H26N2O2. The highest BCUT2D eigenvalue weighted by Crippen LogP contribution is 2.32. The van der Waals surface area contributed by atoms with E-state index in [0.717, 1.165) is 5.69 Å². The van der Waals surface area contributed by atoms with E-state index in [1.807, 2.05) is 13.8 Å². The van der Waals surface area contributed by atoms with Gasteiger partial charge in [0.2, 0.25) is 0 Å². The lowest BCUT2D eigenvalue weighted by Crippen LogP contribution is -2.45. The molecule has 2 aliphatic rings. The molecule has 112 valence electrons. The van der Waals surface area contributed by atoms with Crippen molar-refractivity contribution in [1.82, 2.24) is 9.78 Å². The first-order chi connectivity index (χ1) is 9.54. The Morgan fingerprint density at radius 2 is 1.95 bits per heavy atom. The van der Waals surface area contributed by atoms with Crippen LogP contribution in [0.25, 0.3) is 0 Å². The monoisotopic (exact) mass is 278 g/mol. The molecule has 4 heteroatoms. The first kappa shape index (κ1) is 14.1. The maximum absolute atomic E-state index is 10.8. The molecule has 4 nitrogen and oxygen atoms in total. The summed E-state index contributed by atoms with van der Waals surface area (Å²) >= 11 is 0. The number of hydrogen-bond donors (Lipinski definition) is 1. The Bertz CT molecular complexity index is 441. The van der Waals surface area contributed by atoms with Gasteiger partial charge >= 0.3 is 0 Å². The third kappa shape index (κ3) is 3.07. The number of aliphatic hydroxyl groups is 1. The summed E-state index contributed by atoms with van der Waals surface area (Å²) in [6, 6.07) is 2.65. The Balaban J connectivity index is 1.67. The average molecular weight is 278 g/mol. The molecule has 1 saturated heterocycles. The van der Waals surface area contributed by atoms with Gasteiger partial charge in [-0.05, 0) is 32.8 Å². The van der Waals surface area contributed by atoms with Gasteiger partial charge in [-0.25, -0.2) is 0 Å². The van der Waals surface area contributed by atoms with E-state index in [9.17, 15) is 5.11 Å². The summed E-state index contributed by atoms with van der Waals surface area (Å²) in [4.78, 5) is 0. The molecule has 0 aromatic carbocycles. The predicted octanol–water partition coefficient (Wildman–Crippen LogP) is 2.86. The Morgan fingerprint density at radius 3 is 2.60 bits per heavy atom. The van der Waals surface area contributed by atoms with Gasteiger partial charge in [-0.1, -0.05) is 12.8 Å². The van der Waals surface area contributed by atoms with Crippen molar-refractivity contribution < 1.29 is 9.84 Å². The second-order valence-electron chi connectivity index (χ2n) is 6.79. The molecule has 1 aliphatic carbocycles. The molecule has 2 atom stereocenters. The molecule has 3 rings (SSSR count). The van der Waals surface area contributed by atoms with Crippen LogP contribution < -0.4 is 0 Å². The van der Waals surface area contributed by atoms with Crippen molar-refractivity contribution in [3.8, 4) is 0 Å². The van der Waals surface area contributed by atoms with Gasteiger partial charge < -0.3 is 9.84 Å². The number of aromatic nitrogens is 2. The molecule has 1 saturated carbocycles. The molecule has 2 unspecified atom stereocenters. The molecule has 1 aromatic heterocycles. The maximum atomic E-state index is 10.8. The molecule has 1 aromatic rings. The summed E-state index contributed by atoms with van der Waals surface area (Å²) in [6.07, 6.45) is 9.50. The van der Waals surface area contributed by atoms with E-state index < -0.39 is 5.60 Å². The zero-order chi connectivity index (χ0) is 14.2. The Hall–Kier alpha value is -0.870. The summed E-state index contributed by atoms with van der Waals surface area (Å²) in [7, 11) is 0. The van der Waals surface area contributed by atoms with Crippen LogP contribution in [0, 0.1) is 0 Å². The fourth-order valence-electron chi connectivity index (χ4n) is 3.97. The third-order valence-corrected chi connectivity index (χ3v) is 4.67. The Kier molecular flexibility index (Phi) is 3.87. The predicted molar refractivity (Wildman–Crippen MR) is 77.6 cm³/mol. The Labute approximate surface area is 121 Å². The normalized spacial score (nSPS) is 35.5. The third-order valence-electron chi connectivity index (χ3n) is 4.67. The van der Waals surface area contributed by atoms with Gasteiger partial charge in [-0.15, -0.1) is 0 Å². The number of hydrogen-bond acceptors (Lipinski definition) is 3. The maximum Gasteiger partial charge on any atom is 0.0752 e. The van der Waals surface area contributed by atoms with Crippen LogP contribution in [-0.4, -0.2) is 32.7 Å². The van der Waals surface area contributed by atoms with E-state index in [-0.39, 0.29) is 12.2 Å². The van der Waals surface area contributed by atoms with E-state index in [0.29, 0.717) is 25.3 Å². The van der Waals surface area contributed by atoms with Gasteiger partial charge in [-0.3, -0.25) is 4.68 Å². The molecule has 0 amide bonds. The molecule has 2 heterocycles. The minimum atomic E-state index is -0.661. The molecule has 1 N–H and O–H groups in total. The van der Waals surface area contributed by atoms with E-state index in [2.05, 4.69) is 16.9 Å². The number of rotatable bonds is 3. The topological polar surface area (TPSA) is 47.3 Å². The van der Waals surface area contributed by atoms with Crippen LogP contribution in [0.3, 0.4) is 0 Å². The van der Waals surface area contributed by atoms with Crippen LogP contribution in [0.5, 0.6) is 0 Å². The average Bonchev–Trinajstić information content (AvgIpc) is 2.95. The summed E-state index contributed by atoms with van der Waals surface area (Å²) < 4.78 is 7.83. The zero-order valence-corrected chi connectivity index (χ0v) is 12.6. The second kappa shape index (κ2) is 5.49. The van der Waals surface area contributed by atoms with Crippen LogP contribution in [0.15, 0.2) is 12.3 Å². The van der Waals surface area contributed by atoms with Gasteiger partial charge in [0.15, 0.2) is 0 Å². The molecular weight excluding hydrogens is 252 g/mol. The van der Waals surface area contributed by atoms with Crippen molar-refractivity contribution in [2.75, 3.05) is 0 Å². The van der Waals surface area contributed by atoms with Crippen molar-refractivity contribution >= 4 is 0 Å². The van der Waals surface area contributed by atoms with Crippen molar-refractivity contribution in [2.24, 2.45) is 0 Å². The molecule has 0 bridgehead atoms. The summed E-state index contributed by atoms with van der Waals surface area (Å²) in [5.74, 6) is 0. The highest BCUT2D eigenvalue weighted by Gasteiger charge is 2.37. The molecule has 0 spiro atoms. The lowest BCUT2D eigenvalue weighted by atomic mass is 9.84. The van der Waals surface area contributed by atoms with E-state index >= 15 is 0 Å². The van der Waals surface area contributed by atoms with Gasteiger partial charge in [0.05, 0.1) is 29.5 Å². The Morgan fingerprint density at radius 1 is 1.30 bits per heavy atom. The lowest BCUT2D eigenvalue weighted by Gasteiger charge is -2.38. The number of ether oxygens (including phenoxy) is 1. The van der Waals surface area contributed by atoms with Crippen LogP contribution >= 0.6 is 0 Å². The second-order valence-corrected chi connectivity index (χ2v) is 6.79. The highest BCUT2D eigenvalue weighted by atomic mass is 16.5. The summed E-state index contributed by atoms with van der Waals surface area (Å²) in [6.45, 7) is 4.08. The zero-order valence-electron chi connectivity index (χ0n) is 12.6. The van der Waals surface area contributed by atoms with Gasteiger partial charge in [-0.2, -0.15) is 5.10 Å².